The number of ether oxygens (including phenoxy) is 3. The van der Waals surface area contributed by atoms with E-state index < -0.39 is 12.0 Å². The van der Waals surface area contributed by atoms with Gasteiger partial charge in [0.15, 0.2) is 16.3 Å². The van der Waals surface area contributed by atoms with Crippen LogP contribution in [0.1, 0.15) is 29.7 Å². The van der Waals surface area contributed by atoms with Crippen molar-refractivity contribution < 1.29 is 19.0 Å². The summed E-state index contributed by atoms with van der Waals surface area (Å²) in [5, 5.41) is 0. The molecule has 0 saturated carbocycles. The van der Waals surface area contributed by atoms with Crippen LogP contribution in [0.15, 0.2) is 92.6 Å². The molecule has 1 unspecified atom stereocenters. The first-order valence-corrected chi connectivity index (χ1v) is 14.3. The molecule has 3 aromatic carbocycles. The zero-order chi connectivity index (χ0) is 28.9. The molecule has 2 heterocycles. The topological polar surface area (TPSA) is 79.1 Å². The molecule has 0 saturated heterocycles. The predicted octanol–water partition coefficient (Wildman–Crippen LogP) is 4.72. The molecule has 0 spiro atoms. The number of thiazole rings is 1. The van der Waals surface area contributed by atoms with Gasteiger partial charge in [-0.2, -0.15) is 0 Å². The third-order valence-corrected chi connectivity index (χ3v) is 7.91. The van der Waals surface area contributed by atoms with E-state index in [-0.39, 0.29) is 18.8 Å². The van der Waals surface area contributed by atoms with E-state index >= 15 is 0 Å². The number of fused-ring (bicyclic) bond motifs is 1. The number of rotatable bonds is 8. The van der Waals surface area contributed by atoms with Gasteiger partial charge in [-0.25, -0.2) is 9.79 Å². The third kappa shape index (κ3) is 5.62. The van der Waals surface area contributed by atoms with Gasteiger partial charge >= 0.3 is 5.97 Å². The molecule has 41 heavy (non-hydrogen) atoms. The van der Waals surface area contributed by atoms with Gasteiger partial charge in [0.25, 0.3) is 5.56 Å². The Kier molecular flexibility index (Phi) is 8.53. The van der Waals surface area contributed by atoms with Crippen LogP contribution in [0, 0.1) is 12.3 Å². The Bertz CT molecular complexity index is 1850. The second-order valence-electron chi connectivity index (χ2n) is 8.87. The van der Waals surface area contributed by atoms with E-state index in [4.69, 9.17) is 25.6 Å². The van der Waals surface area contributed by atoms with Crippen molar-refractivity contribution in [2.75, 3.05) is 20.3 Å². The van der Waals surface area contributed by atoms with E-state index in [9.17, 15) is 9.59 Å². The highest BCUT2D eigenvalue weighted by Crippen LogP contribution is 2.37. The van der Waals surface area contributed by atoms with E-state index in [1.54, 1.807) is 23.6 Å². The van der Waals surface area contributed by atoms with Gasteiger partial charge in [0, 0.05) is 5.56 Å². The molecule has 0 radical (unpaired) electrons. The van der Waals surface area contributed by atoms with Gasteiger partial charge < -0.3 is 14.2 Å². The van der Waals surface area contributed by atoms with Gasteiger partial charge in [0.05, 0.1) is 40.0 Å². The lowest BCUT2D eigenvalue weighted by Crippen LogP contribution is -2.39. The minimum absolute atomic E-state index is 0.0823. The van der Waals surface area contributed by atoms with Gasteiger partial charge in [-0.05, 0) is 52.2 Å². The standard InChI is InChI=1S/C32H25BrN2O5S/c1-4-16-40-29-23(33)17-20(18-24(29)38-3)19-25-30(36)35-28(22-14-10-7-11-15-22)26(31(37)39-5-2)27(34-32(35)41-25)21-12-8-6-9-13-21/h1,6-15,17-19,28H,5,16H2,2-3H3/b25-19+. The lowest BCUT2D eigenvalue weighted by atomic mass is 9.93. The smallest absolute Gasteiger partial charge is 0.338 e. The molecule has 9 heteroatoms. The Morgan fingerprint density at radius 2 is 1.85 bits per heavy atom. The molecule has 206 valence electrons. The van der Waals surface area contributed by atoms with E-state index in [1.165, 1.54) is 18.4 Å². The number of aromatic nitrogens is 1. The van der Waals surface area contributed by atoms with Crippen molar-refractivity contribution in [3.8, 4) is 23.8 Å². The third-order valence-electron chi connectivity index (χ3n) is 6.34. The number of carbonyl (C=O) groups excluding carboxylic acids is 1. The SMILES string of the molecule is C#CCOc1c(Br)cc(/C=c2/sc3n(c2=O)C(c2ccccc2)C(C(=O)OCC)=C(c2ccccc2)N=3)cc1OC. The maximum Gasteiger partial charge on any atom is 0.338 e. The van der Waals surface area contributed by atoms with Crippen LogP contribution in [0.25, 0.3) is 11.8 Å². The average molecular weight is 630 g/mol. The van der Waals surface area contributed by atoms with Crippen LogP contribution in [0.5, 0.6) is 11.5 Å². The Morgan fingerprint density at radius 1 is 1.15 bits per heavy atom. The number of esters is 1. The zero-order valence-electron chi connectivity index (χ0n) is 22.3. The number of carbonyl (C=O) groups is 1. The molecule has 5 rings (SSSR count). The minimum Gasteiger partial charge on any atom is -0.493 e. The van der Waals surface area contributed by atoms with Crippen molar-refractivity contribution in [2.45, 2.75) is 13.0 Å². The van der Waals surface area contributed by atoms with Gasteiger partial charge in [0.1, 0.15) is 6.61 Å². The Hall–Kier alpha value is -4.39. The summed E-state index contributed by atoms with van der Waals surface area (Å²) in [7, 11) is 1.53. The largest absolute Gasteiger partial charge is 0.493 e. The quantitative estimate of drug-likeness (QED) is 0.208. The average Bonchev–Trinajstić information content (AvgIpc) is 3.30. The molecule has 0 bridgehead atoms. The molecule has 0 aliphatic carbocycles. The summed E-state index contributed by atoms with van der Waals surface area (Å²) in [6.45, 7) is 2.02. The van der Waals surface area contributed by atoms with Crippen LogP contribution in [0.2, 0.25) is 0 Å². The number of terminal acetylenes is 1. The fourth-order valence-electron chi connectivity index (χ4n) is 4.62. The molecular weight excluding hydrogens is 604 g/mol. The molecule has 4 aromatic rings. The number of nitrogens with zero attached hydrogens (tertiary/aromatic N) is 2. The molecule has 1 aliphatic heterocycles. The normalized spacial score (nSPS) is 14.6. The first-order chi connectivity index (χ1) is 20.0. The van der Waals surface area contributed by atoms with Crippen molar-refractivity contribution >= 4 is 45.0 Å². The second kappa shape index (κ2) is 12.4. The summed E-state index contributed by atoms with van der Waals surface area (Å²) in [5.74, 6) is 2.86. The highest BCUT2D eigenvalue weighted by molar-refractivity contribution is 9.10. The summed E-state index contributed by atoms with van der Waals surface area (Å²) in [5.41, 5.74) is 2.74. The summed E-state index contributed by atoms with van der Waals surface area (Å²) in [6.07, 6.45) is 7.11. The van der Waals surface area contributed by atoms with Gasteiger partial charge in [0.2, 0.25) is 0 Å². The second-order valence-corrected chi connectivity index (χ2v) is 10.7. The van der Waals surface area contributed by atoms with E-state index in [2.05, 4.69) is 21.9 Å². The number of hydrogen-bond acceptors (Lipinski definition) is 7. The van der Waals surface area contributed by atoms with Crippen molar-refractivity contribution in [2.24, 2.45) is 4.99 Å². The molecular formula is C32H25BrN2O5S. The molecule has 0 fully saturated rings. The number of hydrogen-bond donors (Lipinski definition) is 0. The van der Waals surface area contributed by atoms with E-state index in [0.29, 0.717) is 42.1 Å². The summed E-state index contributed by atoms with van der Waals surface area (Å²) < 4.78 is 19.3. The highest BCUT2D eigenvalue weighted by atomic mass is 79.9. The Morgan fingerprint density at radius 3 is 2.51 bits per heavy atom. The van der Waals surface area contributed by atoms with Crippen molar-refractivity contribution in [1.82, 2.24) is 4.57 Å². The maximum atomic E-state index is 14.0. The molecule has 1 aliphatic rings. The van der Waals surface area contributed by atoms with E-state index in [0.717, 1.165) is 11.1 Å². The number of benzene rings is 3. The van der Waals surface area contributed by atoms with Gasteiger partial charge in [-0.3, -0.25) is 9.36 Å². The lowest BCUT2D eigenvalue weighted by Gasteiger charge is -2.25. The first-order valence-electron chi connectivity index (χ1n) is 12.7. The molecule has 0 N–H and O–H groups in total. The van der Waals surface area contributed by atoms with E-state index in [1.807, 2.05) is 66.7 Å². The lowest BCUT2D eigenvalue weighted by molar-refractivity contribution is -0.138. The monoisotopic (exact) mass is 628 g/mol. The summed E-state index contributed by atoms with van der Waals surface area (Å²) in [4.78, 5) is 32.9. The zero-order valence-corrected chi connectivity index (χ0v) is 24.7. The summed E-state index contributed by atoms with van der Waals surface area (Å²) in [6, 6.07) is 21.7. The van der Waals surface area contributed by atoms with Crippen LogP contribution in [-0.2, 0) is 9.53 Å². The highest BCUT2D eigenvalue weighted by Gasteiger charge is 2.35. The first kappa shape index (κ1) is 28.1. The molecule has 7 nitrogen and oxygen atoms in total. The van der Waals surface area contributed by atoms with Crippen LogP contribution >= 0.6 is 27.3 Å². The van der Waals surface area contributed by atoms with Crippen LogP contribution in [0.4, 0.5) is 0 Å². The maximum absolute atomic E-state index is 14.0. The van der Waals surface area contributed by atoms with Crippen molar-refractivity contribution in [1.29, 1.82) is 0 Å². The number of methoxy groups -OCH3 is 1. The van der Waals surface area contributed by atoms with Gasteiger partial charge in [-0.1, -0.05) is 77.9 Å². The van der Waals surface area contributed by atoms with Crippen LogP contribution < -0.4 is 24.4 Å². The predicted molar refractivity (Wildman–Crippen MR) is 163 cm³/mol. The van der Waals surface area contributed by atoms with Crippen molar-refractivity contribution in [3.63, 3.8) is 0 Å². The van der Waals surface area contributed by atoms with Crippen LogP contribution in [-0.4, -0.2) is 30.9 Å². The van der Waals surface area contributed by atoms with Crippen molar-refractivity contribution in [3.05, 3.63) is 119 Å². The fourth-order valence-corrected chi connectivity index (χ4v) is 6.19. The number of halogens is 1. The fraction of sp³-hybridized carbons (Fsp3) is 0.156. The Balaban J connectivity index is 1.76. The molecule has 1 atom stereocenters. The molecule has 1 aromatic heterocycles. The minimum atomic E-state index is -0.732. The van der Waals surface area contributed by atoms with Gasteiger partial charge in [-0.15, -0.1) is 6.42 Å². The van der Waals surface area contributed by atoms with Crippen LogP contribution in [0.3, 0.4) is 0 Å². The summed E-state index contributed by atoms with van der Waals surface area (Å²) >= 11 is 4.77. The molecule has 0 amide bonds. The Labute approximate surface area is 249 Å².